The normalized spacial score (nSPS) is 9.67. The predicted octanol–water partition coefficient (Wildman–Crippen LogP) is 3.25. The van der Waals surface area contributed by atoms with Crippen molar-refractivity contribution in [3.05, 3.63) is 48.8 Å². The summed E-state index contributed by atoms with van der Waals surface area (Å²) < 4.78 is 4.46. The molecular weight excluding hydrogens is 382 g/mol. The van der Waals surface area contributed by atoms with E-state index in [1.807, 2.05) is 36.4 Å². The molecule has 30 heavy (non-hydrogen) atoms. The molecule has 2 heterocycles. The Labute approximate surface area is 178 Å². The van der Waals surface area contributed by atoms with E-state index in [1.165, 1.54) is 20.0 Å². The standard InChI is InChI=1S/C13H19N3O3.C9H14N2/c1-19-13(18)7-6-12(17)16-10-4-9-15-11-5-2-3-8-14-11;1-2-3-7-10-9-6-4-5-8-11-9/h2-3,5,8H,4,6-7,9-10H2,1H3,(H,14,15)(H,16,17);4-6,8H,2-3,7H2,1H3,(H,10,11). The number of amides is 1. The number of rotatable bonds is 12. The molecule has 0 unspecified atom stereocenters. The van der Waals surface area contributed by atoms with Crippen LogP contribution in [0.2, 0.25) is 0 Å². The maximum Gasteiger partial charge on any atom is 0.306 e. The van der Waals surface area contributed by atoms with Crippen molar-refractivity contribution in [1.82, 2.24) is 15.3 Å². The summed E-state index contributed by atoms with van der Waals surface area (Å²) in [6.07, 6.45) is 7.02. The van der Waals surface area contributed by atoms with Crippen LogP contribution in [0.5, 0.6) is 0 Å². The van der Waals surface area contributed by atoms with Crippen LogP contribution in [-0.2, 0) is 14.3 Å². The quantitative estimate of drug-likeness (QED) is 0.361. The number of esters is 1. The topological polar surface area (TPSA) is 105 Å². The van der Waals surface area contributed by atoms with Gasteiger partial charge in [-0.15, -0.1) is 0 Å². The average molecular weight is 416 g/mol. The number of methoxy groups -OCH3 is 1. The molecule has 1 amide bonds. The predicted molar refractivity (Wildman–Crippen MR) is 119 cm³/mol. The number of nitrogens with one attached hydrogen (secondary N) is 3. The lowest BCUT2D eigenvalue weighted by Gasteiger charge is -2.06. The first-order valence-corrected chi connectivity index (χ1v) is 10.3. The van der Waals surface area contributed by atoms with Crippen molar-refractivity contribution >= 4 is 23.5 Å². The van der Waals surface area contributed by atoms with E-state index in [0.717, 1.165) is 31.1 Å². The molecule has 8 nitrogen and oxygen atoms in total. The Hall–Kier alpha value is -3.16. The first-order chi connectivity index (χ1) is 14.7. The van der Waals surface area contributed by atoms with Crippen LogP contribution in [0, 0.1) is 0 Å². The van der Waals surface area contributed by atoms with Crippen molar-refractivity contribution in [2.45, 2.75) is 39.0 Å². The van der Waals surface area contributed by atoms with E-state index in [0.29, 0.717) is 6.54 Å². The highest BCUT2D eigenvalue weighted by atomic mass is 16.5. The molecule has 3 N–H and O–H groups in total. The Kier molecular flexibility index (Phi) is 13.9. The van der Waals surface area contributed by atoms with Gasteiger partial charge in [0.2, 0.25) is 5.91 Å². The van der Waals surface area contributed by atoms with Gasteiger partial charge in [0.05, 0.1) is 13.5 Å². The van der Waals surface area contributed by atoms with Gasteiger partial charge in [-0.2, -0.15) is 0 Å². The summed E-state index contributed by atoms with van der Waals surface area (Å²) in [6, 6.07) is 11.5. The molecular formula is C22H33N5O3. The third-order valence-corrected chi connectivity index (χ3v) is 3.93. The first kappa shape index (κ1) is 24.9. The molecule has 8 heteroatoms. The molecule has 0 aliphatic heterocycles. The minimum absolute atomic E-state index is 0.120. The van der Waals surface area contributed by atoms with Gasteiger partial charge in [-0.25, -0.2) is 9.97 Å². The van der Waals surface area contributed by atoms with Crippen LogP contribution in [-0.4, -0.2) is 48.6 Å². The number of hydrogen-bond donors (Lipinski definition) is 3. The van der Waals surface area contributed by atoms with Crippen LogP contribution in [0.15, 0.2) is 48.8 Å². The van der Waals surface area contributed by atoms with E-state index < -0.39 is 0 Å². The van der Waals surface area contributed by atoms with Crippen LogP contribution >= 0.6 is 0 Å². The van der Waals surface area contributed by atoms with Gasteiger partial charge >= 0.3 is 5.97 Å². The van der Waals surface area contributed by atoms with Crippen molar-refractivity contribution in [1.29, 1.82) is 0 Å². The van der Waals surface area contributed by atoms with Gasteiger partial charge in [0.15, 0.2) is 0 Å². The lowest BCUT2D eigenvalue weighted by molar-refractivity contribution is -0.142. The zero-order chi connectivity index (χ0) is 21.9. The molecule has 0 bridgehead atoms. The highest BCUT2D eigenvalue weighted by Gasteiger charge is 2.05. The van der Waals surface area contributed by atoms with Crippen LogP contribution in [0.3, 0.4) is 0 Å². The van der Waals surface area contributed by atoms with E-state index in [4.69, 9.17) is 0 Å². The van der Waals surface area contributed by atoms with Gasteiger partial charge < -0.3 is 20.7 Å². The molecule has 0 radical (unpaired) electrons. The summed E-state index contributed by atoms with van der Waals surface area (Å²) in [5, 5.41) is 9.12. The van der Waals surface area contributed by atoms with Crippen molar-refractivity contribution in [3.8, 4) is 0 Å². The number of pyridine rings is 2. The molecule has 0 fully saturated rings. The molecule has 2 rings (SSSR count). The summed E-state index contributed by atoms with van der Waals surface area (Å²) in [5.74, 6) is 1.29. The third kappa shape index (κ3) is 13.1. The fourth-order valence-corrected chi connectivity index (χ4v) is 2.27. The average Bonchev–Trinajstić information content (AvgIpc) is 2.79. The maximum atomic E-state index is 11.3. The van der Waals surface area contributed by atoms with Crippen molar-refractivity contribution in [2.75, 3.05) is 37.4 Å². The highest BCUT2D eigenvalue weighted by Crippen LogP contribution is 2.00. The molecule has 164 valence electrons. The zero-order valence-corrected chi connectivity index (χ0v) is 17.9. The lowest BCUT2D eigenvalue weighted by atomic mass is 10.3. The van der Waals surface area contributed by atoms with Crippen LogP contribution < -0.4 is 16.0 Å². The number of anilines is 2. The summed E-state index contributed by atoms with van der Waals surface area (Å²) in [5.41, 5.74) is 0. The van der Waals surface area contributed by atoms with Gasteiger partial charge in [0, 0.05) is 38.4 Å². The largest absolute Gasteiger partial charge is 0.469 e. The Morgan fingerprint density at radius 3 is 1.97 bits per heavy atom. The van der Waals surface area contributed by atoms with Gasteiger partial charge in [0.1, 0.15) is 11.6 Å². The van der Waals surface area contributed by atoms with Gasteiger partial charge in [-0.1, -0.05) is 25.5 Å². The number of hydrogen-bond acceptors (Lipinski definition) is 7. The van der Waals surface area contributed by atoms with E-state index >= 15 is 0 Å². The number of nitrogens with zero attached hydrogens (tertiary/aromatic N) is 2. The van der Waals surface area contributed by atoms with Gasteiger partial charge in [-0.05, 0) is 37.1 Å². The summed E-state index contributed by atoms with van der Waals surface area (Å²) in [7, 11) is 1.31. The summed E-state index contributed by atoms with van der Waals surface area (Å²) in [4.78, 5) is 30.4. The Morgan fingerprint density at radius 1 is 0.867 bits per heavy atom. The van der Waals surface area contributed by atoms with Gasteiger partial charge in [0.25, 0.3) is 0 Å². The van der Waals surface area contributed by atoms with Crippen LogP contribution in [0.25, 0.3) is 0 Å². The number of unbranched alkanes of at least 4 members (excludes halogenated alkanes) is 1. The summed E-state index contributed by atoms with van der Waals surface area (Å²) in [6.45, 7) is 4.50. The molecule has 0 saturated heterocycles. The van der Waals surface area contributed by atoms with Crippen LogP contribution in [0.4, 0.5) is 11.6 Å². The molecule has 0 aromatic carbocycles. The molecule has 0 spiro atoms. The minimum atomic E-state index is -0.369. The molecule has 0 aliphatic rings. The minimum Gasteiger partial charge on any atom is -0.469 e. The Bertz CT molecular complexity index is 698. The Balaban J connectivity index is 0.000000346. The van der Waals surface area contributed by atoms with Crippen molar-refractivity contribution < 1.29 is 14.3 Å². The molecule has 0 aliphatic carbocycles. The molecule has 0 saturated carbocycles. The highest BCUT2D eigenvalue weighted by molar-refractivity contribution is 5.81. The molecule has 2 aromatic heterocycles. The van der Waals surface area contributed by atoms with E-state index in [9.17, 15) is 9.59 Å². The number of carbonyl (C=O) groups is 2. The first-order valence-electron chi connectivity index (χ1n) is 10.3. The Morgan fingerprint density at radius 2 is 1.47 bits per heavy atom. The number of aromatic nitrogens is 2. The molecule has 2 aromatic rings. The second kappa shape index (κ2) is 16.8. The number of ether oxygens (including phenoxy) is 1. The zero-order valence-electron chi connectivity index (χ0n) is 17.9. The maximum absolute atomic E-state index is 11.3. The fraction of sp³-hybridized carbons (Fsp3) is 0.455. The van der Waals surface area contributed by atoms with E-state index in [-0.39, 0.29) is 24.7 Å². The smallest absolute Gasteiger partial charge is 0.306 e. The second-order valence-electron chi connectivity index (χ2n) is 6.42. The number of carbonyl (C=O) groups excluding carboxylic acids is 2. The van der Waals surface area contributed by atoms with Crippen LogP contribution in [0.1, 0.15) is 39.0 Å². The van der Waals surface area contributed by atoms with E-state index in [1.54, 1.807) is 12.4 Å². The lowest BCUT2D eigenvalue weighted by Crippen LogP contribution is -2.26. The SMILES string of the molecule is CCCCNc1ccccn1.COC(=O)CCC(=O)NCCCNc1ccccn1. The van der Waals surface area contributed by atoms with E-state index in [2.05, 4.69) is 37.6 Å². The summed E-state index contributed by atoms with van der Waals surface area (Å²) >= 11 is 0. The van der Waals surface area contributed by atoms with Crippen molar-refractivity contribution in [3.63, 3.8) is 0 Å². The fourth-order valence-electron chi connectivity index (χ4n) is 2.27. The monoisotopic (exact) mass is 415 g/mol. The van der Waals surface area contributed by atoms with Crippen molar-refractivity contribution in [2.24, 2.45) is 0 Å². The molecule has 0 atom stereocenters. The second-order valence-corrected chi connectivity index (χ2v) is 6.42. The van der Waals surface area contributed by atoms with Gasteiger partial charge in [-0.3, -0.25) is 9.59 Å². The third-order valence-electron chi connectivity index (χ3n) is 3.93.